The number of amides is 1. The quantitative estimate of drug-likeness (QED) is 0.681. The van der Waals surface area contributed by atoms with Gasteiger partial charge >= 0.3 is 0 Å². The predicted octanol–water partition coefficient (Wildman–Crippen LogP) is 2.55. The van der Waals surface area contributed by atoms with Crippen LogP contribution in [-0.2, 0) is 10.0 Å². The average Bonchev–Trinajstić information content (AvgIpc) is 3.13. The van der Waals surface area contributed by atoms with Gasteiger partial charge in [-0.15, -0.1) is 0 Å². The molecule has 0 atom stereocenters. The van der Waals surface area contributed by atoms with Gasteiger partial charge in [-0.25, -0.2) is 12.7 Å². The van der Waals surface area contributed by atoms with Gasteiger partial charge in [-0.2, -0.15) is 0 Å². The van der Waals surface area contributed by atoms with Crippen LogP contribution in [0.3, 0.4) is 0 Å². The number of sulfonamides is 1. The molecule has 0 saturated heterocycles. The molecule has 0 aliphatic heterocycles. The Balaban J connectivity index is 2.04. The monoisotopic (exact) mass is 388 g/mol. The standard InChI is InChI=1S/C18H20N4O4S/c1-11-9-16(13(3)22(11)15-7-6-8-19-10-15)18(23)21(5)27(24,25)17-12(2)20-26-14(17)4/h6-10H,1-5H3. The van der Waals surface area contributed by atoms with Crippen molar-refractivity contribution in [1.82, 2.24) is 19.0 Å². The van der Waals surface area contributed by atoms with Crippen molar-refractivity contribution in [1.29, 1.82) is 0 Å². The number of pyridine rings is 1. The molecule has 0 saturated carbocycles. The summed E-state index contributed by atoms with van der Waals surface area (Å²) in [6.45, 7) is 6.64. The number of carbonyl (C=O) groups is 1. The summed E-state index contributed by atoms with van der Waals surface area (Å²) < 4.78 is 33.4. The Morgan fingerprint density at radius 3 is 2.48 bits per heavy atom. The molecule has 3 rings (SSSR count). The molecule has 0 aliphatic carbocycles. The van der Waals surface area contributed by atoms with Crippen molar-refractivity contribution in [3.63, 3.8) is 0 Å². The van der Waals surface area contributed by atoms with Gasteiger partial charge in [-0.3, -0.25) is 9.78 Å². The molecule has 3 aromatic heterocycles. The van der Waals surface area contributed by atoms with Gasteiger partial charge in [0.15, 0.2) is 10.7 Å². The molecule has 0 radical (unpaired) electrons. The molecule has 0 bridgehead atoms. The van der Waals surface area contributed by atoms with Crippen molar-refractivity contribution in [3.8, 4) is 5.69 Å². The van der Waals surface area contributed by atoms with Gasteiger partial charge < -0.3 is 9.09 Å². The Morgan fingerprint density at radius 1 is 1.22 bits per heavy atom. The van der Waals surface area contributed by atoms with Crippen LogP contribution in [0.25, 0.3) is 5.69 Å². The lowest BCUT2D eigenvalue weighted by Crippen LogP contribution is -2.34. The Bertz CT molecular complexity index is 1090. The van der Waals surface area contributed by atoms with E-state index in [1.54, 1.807) is 31.5 Å². The van der Waals surface area contributed by atoms with Crippen LogP contribution in [0.4, 0.5) is 0 Å². The van der Waals surface area contributed by atoms with Gasteiger partial charge in [-0.05, 0) is 45.9 Å². The molecule has 27 heavy (non-hydrogen) atoms. The van der Waals surface area contributed by atoms with Crippen LogP contribution in [0.1, 0.15) is 33.2 Å². The summed E-state index contributed by atoms with van der Waals surface area (Å²) in [6, 6.07) is 5.33. The number of nitrogens with zero attached hydrogens (tertiary/aromatic N) is 4. The second-order valence-corrected chi connectivity index (χ2v) is 8.17. The number of aromatic nitrogens is 3. The molecule has 9 heteroatoms. The highest BCUT2D eigenvalue weighted by atomic mass is 32.2. The number of hydrogen-bond donors (Lipinski definition) is 0. The Morgan fingerprint density at radius 2 is 1.93 bits per heavy atom. The topological polar surface area (TPSA) is 98.3 Å². The van der Waals surface area contributed by atoms with Crippen LogP contribution in [0.2, 0.25) is 0 Å². The Kier molecular flexibility index (Phi) is 4.64. The van der Waals surface area contributed by atoms with Gasteiger partial charge in [0.05, 0.1) is 17.4 Å². The molecule has 0 spiro atoms. The van der Waals surface area contributed by atoms with Crippen molar-refractivity contribution in [2.24, 2.45) is 0 Å². The lowest BCUT2D eigenvalue weighted by atomic mass is 10.2. The van der Waals surface area contributed by atoms with E-state index in [9.17, 15) is 13.2 Å². The maximum absolute atomic E-state index is 13.0. The van der Waals surface area contributed by atoms with E-state index in [0.717, 1.165) is 15.7 Å². The number of carbonyl (C=O) groups excluding carboxylic acids is 1. The van der Waals surface area contributed by atoms with Crippen molar-refractivity contribution in [2.75, 3.05) is 7.05 Å². The van der Waals surface area contributed by atoms with Crippen LogP contribution >= 0.6 is 0 Å². The molecule has 0 N–H and O–H groups in total. The predicted molar refractivity (Wildman–Crippen MR) is 98.3 cm³/mol. The number of aryl methyl sites for hydroxylation is 3. The fourth-order valence-corrected chi connectivity index (χ4v) is 4.52. The second-order valence-electron chi connectivity index (χ2n) is 6.26. The normalized spacial score (nSPS) is 11.6. The zero-order valence-corrected chi connectivity index (χ0v) is 16.5. The van der Waals surface area contributed by atoms with E-state index in [-0.39, 0.29) is 16.3 Å². The molecule has 0 fully saturated rings. The van der Waals surface area contributed by atoms with E-state index < -0.39 is 15.9 Å². The summed E-state index contributed by atoms with van der Waals surface area (Å²) in [5, 5.41) is 3.67. The Hall–Kier alpha value is -2.94. The third kappa shape index (κ3) is 3.03. The van der Waals surface area contributed by atoms with E-state index in [4.69, 9.17) is 4.52 Å². The van der Waals surface area contributed by atoms with Crippen LogP contribution in [0.15, 0.2) is 40.0 Å². The van der Waals surface area contributed by atoms with Gasteiger partial charge in [0, 0.05) is 24.6 Å². The molecule has 0 aromatic carbocycles. The summed E-state index contributed by atoms with van der Waals surface area (Å²) in [7, 11) is -2.85. The molecule has 1 amide bonds. The van der Waals surface area contributed by atoms with Crippen molar-refractivity contribution in [3.05, 3.63) is 59.0 Å². The first-order valence-electron chi connectivity index (χ1n) is 8.21. The minimum Gasteiger partial charge on any atom is -0.360 e. The highest BCUT2D eigenvalue weighted by Crippen LogP contribution is 2.26. The van der Waals surface area contributed by atoms with E-state index in [0.29, 0.717) is 11.3 Å². The highest BCUT2D eigenvalue weighted by molar-refractivity contribution is 7.89. The minimum atomic E-state index is -4.08. The molecular formula is C18H20N4O4S. The van der Waals surface area contributed by atoms with E-state index >= 15 is 0 Å². The SMILES string of the molecule is Cc1noc(C)c1S(=O)(=O)N(C)C(=O)c1cc(C)n(-c2cccnc2)c1C. The van der Waals surface area contributed by atoms with E-state index in [1.165, 1.54) is 20.9 Å². The van der Waals surface area contributed by atoms with Crippen molar-refractivity contribution in [2.45, 2.75) is 32.6 Å². The molecule has 8 nitrogen and oxygen atoms in total. The van der Waals surface area contributed by atoms with E-state index in [2.05, 4.69) is 10.1 Å². The second kappa shape index (κ2) is 6.66. The van der Waals surface area contributed by atoms with Gasteiger partial charge in [0.25, 0.3) is 15.9 Å². The summed E-state index contributed by atoms with van der Waals surface area (Å²) in [4.78, 5) is 17.0. The third-order valence-electron chi connectivity index (χ3n) is 4.44. The highest BCUT2D eigenvalue weighted by Gasteiger charge is 2.33. The number of hydrogen-bond acceptors (Lipinski definition) is 6. The maximum atomic E-state index is 13.0. The maximum Gasteiger partial charge on any atom is 0.271 e. The van der Waals surface area contributed by atoms with Crippen molar-refractivity contribution < 1.29 is 17.7 Å². The first-order valence-corrected chi connectivity index (χ1v) is 9.65. The zero-order chi connectivity index (χ0) is 19.9. The molecular weight excluding hydrogens is 368 g/mol. The fraction of sp³-hybridized carbons (Fsp3) is 0.278. The summed E-state index contributed by atoms with van der Waals surface area (Å²) in [6.07, 6.45) is 3.34. The van der Waals surface area contributed by atoms with Crippen LogP contribution < -0.4 is 0 Å². The summed E-state index contributed by atoms with van der Waals surface area (Å²) in [5.74, 6) is -0.480. The van der Waals surface area contributed by atoms with Gasteiger partial charge in [0.1, 0.15) is 5.69 Å². The largest absolute Gasteiger partial charge is 0.360 e. The van der Waals surface area contributed by atoms with E-state index in [1.807, 2.05) is 17.6 Å². The molecule has 0 unspecified atom stereocenters. The van der Waals surface area contributed by atoms with Crippen LogP contribution in [0, 0.1) is 27.7 Å². The third-order valence-corrected chi connectivity index (χ3v) is 6.42. The summed E-state index contributed by atoms with van der Waals surface area (Å²) >= 11 is 0. The smallest absolute Gasteiger partial charge is 0.271 e. The van der Waals surface area contributed by atoms with Crippen LogP contribution in [-0.4, -0.2) is 40.4 Å². The van der Waals surface area contributed by atoms with Gasteiger partial charge in [-0.1, -0.05) is 5.16 Å². The molecule has 0 aliphatic rings. The van der Waals surface area contributed by atoms with Crippen molar-refractivity contribution >= 4 is 15.9 Å². The average molecular weight is 388 g/mol. The summed E-state index contributed by atoms with van der Waals surface area (Å²) in [5.41, 5.74) is 2.74. The zero-order valence-electron chi connectivity index (χ0n) is 15.7. The number of rotatable bonds is 4. The lowest BCUT2D eigenvalue weighted by Gasteiger charge is -2.17. The molecule has 142 valence electrons. The molecule has 3 heterocycles. The first-order chi connectivity index (χ1) is 12.7. The minimum absolute atomic E-state index is 0.0839. The Labute approximate surface area is 157 Å². The van der Waals surface area contributed by atoms with Gasteiger partial charge in [0.2, 0.25) is 0 Å². The fourth-order valence-electron chi connectivity index (χ4n) is 3.12. The first kappa shape index (κ1) is 18.8. The molecule has 3 aromatic rings. The lowest BCUT2D eigenvalue weighted by molar-refractivity contribution is 0.0882. The van der Waals surface area contributed by atoms with Crippen LogP contribution in [0.5, 0.6) is 0 Å².